The van der Waals surface area contributed by atoms with E-state index in [9.17, 15) is 9.59 Å². The van der Waals surface area contributed by atoms with Gasteiger partial charge in [-0.1, -0.05) is 0 Å². The third-order valence-electron chi connectivity index (χ3n) is 2.36. The molecule has 0 saturated carbocycles. The zero-order valence-corrected chi connectivity index (χ0v) is 10.5. The van der Waals surface area contributed by atoms with Crippen molar-refractivity contribution >= 4 is 11.9 Å². The average Bonchev–Trinajstić information content (AvgIpc) is 2.43. The van der Waals surface area contributed by atoms with E-state index in [1.54, 1.807) is 19.2 Å². The quantitative estimate of drug-likeness (QED) is 0.553. The van der Waals surface area contributed by atoms with Crippen LogP contribution in [-0.2, 0) is 16.1 Å². The summed E-state index contributed by atoms with van der Waals surface area (Å²) >= 11 is 0. The molecular formula is C12H17N3O3. The highest BCUT2D eigenvalue weighted by Gasteiger charge is 2.05. The Labute approximate surface area is 106 Å². The lowest BCUT2D eigenvalue weighted by Crippen LogP contribution is -2.24. The van der Waals surface area contributed by atoms with Crippen LogP contribution in [0, 0.1) is 0 Å². The van der Waals surface area contributed by atoms with E-state index in [-0.39, 0.29) is 5.91 Å². The van der Waals surface area contributed by atoms with Gasteiger partial charge in [-0.2, -0.15) is 0 Å². The Morgan fingerprint density at radius 3 is 2.72 bits per heavy atom. The van der Waals surface area contributed by atoms with E-state index in [0.29, 0.717) is 25.1 Å². The first kappa shape index (κ1) is 14.1. The highest BCUT2D eigenvalue weighted by atomic mass is 16.5. The van der Waals surface area contributed by atoms with Crippen molar-refractivity contribution in [1.29, 1.82) is 0 Å². The van der Waals surface area contributed by atoms with Crippen LogP contribution >= 0.6 is 0 Å². The fourth-order valence-corrected chi connectivity index (χ4v) is 1.31. The van der Waals surface area contributed by atoms with E-state index in [0.717, 1.165) is 5.69 Å². The summed E-state index contributed by atoms with van der Waals surface area (Å²) < 4.78 is 4.57. The number of methoxy groups -OCH3 is 1. The SMILES string of the molecule is CNC(=O)CCNCc1ccc(C(=O)OC)cn1. The van der Waals surface area contributed by atoms with E-state index in [1.807, 2.05) is 0 Å². The third kappa shape index (κ3) is 4.50. The molecule has 0 bridgehead atoms. The first-order chi connectivity index (χ1) is 8.67. The van der Waals surface area contributed by atoms with E-state index >= 15 is 0 Å². The molecule has 0 aromatic carbocycles. The number of carbonyl (C=O) groups excluding carboxylic acids is 2. The number of nitrogens with zero attached hydrogens (tertiary/aromatic N) is 1. The fourth-order valence-electron chi connectivity index (χ4n) is 1.31. The van der Waals surface area contributed by atoms with Crippen molar-refractivity contribution in [3.8, 4) is 0 Å². The lowest BCUT2D eigenvalue weighted by molar-refractivity contribution is -0.120. The number of esters is 1. The molecule has 1 aromatic rings. The lowest BCUT2D eigenvalue weighted by Gasteiger charge is -2.04. The predicted octanol–water partition coefficient (Wildman–Crippen LogP) is 0.0939. The van der Waals surface area contributed by atoms with Gasteiger partial charge in [0.15, 0.2) is 0 Å². The van der Waals surface area contributed by atoms with Gasteiger partial charge in [-0.3, -0.25) is 9.78 Å². The number of carbonyl (C=O) groups is 2. The minimum absolute atomic E-state index is 0.00324. The van der Waals surface area contributed by atoms with Crippen molar-refractivity contribution in [2.75, 3.05) is 20.7 Å². The molecule has 1 rings (SSSR count). The molecule has 0 aliphatic carbocycles. The molecule has 0 spiro atoms. The molecule has 0 atom stereocenters. The summed E-state index contributed by atoms with van der Waals surface area (Å²) in [7, 11) is 2.94. The summed E-state index contributed by atoms with van der Waals surface area (Å²) in [4.78, 5) is 26.2. The molecule has 0 unspecified atom stereocenters. The first-order valence-electron chi connectivity index (χ1n) is 5.62. The van der Waals surface area contributed by atoms with Crippen molar-refractivity contribution in [1.82, 2.24) is 15.6 Å². The van der Waals surface area contributed by atoms with Crippen LogP contribution < -0.4 is 10.6 Å². The molecular weight excluding hydrogens is 234 g/mol. The van der Waals surface area contributed by atoms with Gasteiger partial charge in [0.05, 0.1) is 18.4 Å². The molecule has 1 heterocycles. The van der Waals surface area contributed by atoms with Gasteiger partial charge in [-0.15, -0.1) is 0 Å². The normalized spacial score (nSPS) is 9.89. The molecule has 0 aliphatic heterocycles. The van der Waals surface area contributed by atoms with Crippen LogP contribution in [0.15, 0.2) is 18.3 Å². The molecule has 2 N–H and O–H groups in total. The number of ether oxygens (including phenoxy) is 1. The van der Waals surface area contributed by atoms with Crippen LogP contribution in [0.1, 0.15) is 22.5 Å². The van der Waals surface area contributed by atoms with Crippen LogP contribution in [0.5, 0.6) is 0 Å². The Kier molecular flexibility index (Phi) is 5.79. The second-order valence-corrected chi connectivity index (χ2v) is 3.63. The molecule has 6 heteroatoms. The van der Waals surface area contributed by atoms with E-state index < -0.39 is 5.97 Å². The van der Waals surface area contributed by atoms with Crippen LogP contribution in [0.2, 0.25) is 0 Å². The molecule has 1 amide bonds. The zero-order chi connectivity index (χ0) is 13.4. The minimum Gasteiger partial charge on any atom is -0.465 e. The van der Waals surface area contributed by atoms with Crippen molar-refractivity contribution in [2.24, 2.45) is 0 Å². The molecule has 0 aliphatic rings. The summed E-state index contributed by atoms with van der Waals surface area (Å²) in [5.74, 6) is -0.405. The predicted molar refractivity (Wildman–Crippen MR) is 66.0 cm³/mol. The highest BCUT2D eigenvalue weighted by Crippen LogP contribution is 2.01. The summed E-state index contributed by atoms with van der Waals surface area (Å²) in [6.07, 6.45) is 1.90. The Hall–Kier alpha value is -1.95. The van der Waals surface area contributed by atoms with Crippen molar-refractivity contribution in [3.63, 3.8) is 0 Å². The second kappa shape index (κ2) is 7.39. The van der Waals surface area contributed by atoms with Gasteiger partial charge >= 0.3 is 5.97 Å². The molecule has 0 saturated heterocycles. The van der Waals surface area contributed by atoms with Gasteiger partial charge in [-0.05, 0) is 12.1 Å². The maximum atomic E-state index is 11.2. The number of amides is 1. The molecule has 98 valence electrons. The van der Waals surface area contributed by atoms with Crippen LogP contribution in [0.3, 0.4) is 0 Å². The monoisotopic (exact) mass is 251 g/mol. The molecule has 1 aromatic heterocycles. The molecule has 6 nitrogen and oxygen atoms in total. The van der Waals surface area contributed by atoms with Gasteiger partial charge < -0.3 is 15.4 Å². The largest absolute Gasteiger partial charge is 0.465 e. The summed E-state index contributed by atoms with van der Waals surface area (Å²) in [6.45, 7) is 1.14. The van der Waals surface area contributed by atoms with Gasteiger partial charge in [0.1, 0.15) is 0 Å². The van der Waals surface area contributed by atoms with Crippen molar-refractivity contribution in [3.05, 3.63) is 29.6 Å². The lowest BCUT2D eigenvalue weighted by atomic mass is 10.2. The maximum Gasteiger partial charge on any atom is 0.339 e. The Bertz CT molecular complexity index is 404. The topological polar surface area (TPSA) is 80.3 Å². The smallest absolute Gasteiger partial charge is 0.339 e. The summed E-state index contributed by atoms with van der Waals surface area (Å²) in [6, 6.07) is 3.41. The molecule has 0 radical (unpaired) electrons. The average molecular weight is 251 g/mol. The first-order valence-corrected chi connectivity index (χ1v) is 5.62. The standard InChI is InChI=1S/C12H17N3O3/c1-13-11(16)5-6-14-8-10-4-3-9(7-15-10)12(17)18-2/h3-4,7,14H,5-6,8H2,1-2H3,(H,13,16). The van der Waals surface area contributed by atoms with Crippen molar-refractivity contribution in [2.45, 2.75) is 13.0 Å². The molecule has 18 heavy (non-hydrogen) atoms. The summed E-state index contributed by atoms with van der Waals surface area (Å²) in [5.41, 5.74) is 1.23. The number of nitrogens with one attached hydrogen (secondary N) is 2. The van der Waals surface area contributed by atoms with Crippen molar-refractivity contribution < 1.29 is 14.3 Å². The van der Waals surface area contributed by atoms with E-state index in [4.69, 9.17) is 0 Å². The second-order valence-electron chi connectivity index (χ2n) is 3.63. The fraction of sp³-hybridized carbons (Fsp3) is 0.417. The maximum absolute atomic E-state index is 11.2. The zero-order valence-electron chi connectivity index (χ0n) is 10.5. The number of hydrogen-bond acceptors (Lipinski definition) is 5. The van der Waals surface area contributed by atoms with Gasteiger partial charge in [-0.25, -0.2) is 4.79 Å². The minimum atomic E-state index is -0.401. The Balaban J connectivity index is 2.35. The van der Waals surface area contributed by atoms with E-state index in [1.165, 1.54) is 13.3 Å². The number of aromatic nitrogens is 1. The summed E-state index contributed by atoms with van der Waals surface area (Å²) in [5, 5.41) is 5.63. The molecule has 0 fully saturated rings. The number of rotatable bonds is 6. The Morgan fingerprint density at radius 1 is 1.39 bits per heavy atom. The van der Waals surface area contributed by atoms with Gasteiger partial charge in [0, 0.05) is 32.8 Å². The van der Waals surface area contributed by atoms with Crippen LogP contribution in [0.25, 0.3) is 0 Å². The third-order valence-corrected chi connectivity index (χ3v) is 2.36. The van der Waals surface area contributed by atoms with Crippen LogP contribution in [-0.4, -0.2) is 37.6 Å². The van der Waals surface area contributed by atoms with Crippen LogP contribution in [0.4, 0.5) is 0 Å². The highest BCUT2D eigenvalue weighted by molar-refractivity contribution is 5.88. The van der Waals surface area contributed by atoms with E-state index in [2.05, 4.69) is 20.4 Å². The van der Waals surface area contributed by atoms with Gasteiger partial charge in [0.25, 0.3) is 0 Å². The number of pyridine rings is 1. The van der Waals surface area contributed by atoms with Gasteiger partial charge in [0.2, 0.25) is 5.91 Å². The number of hydrogen-bond donors (Lipinski definition) is 2. The Morgan fingerprint density at radius 2 is 2.17 bits per heavy atom.